The lowest BCUT2D eigenvalue weighted by atomic mass is 9.82. The number of benzene rings is 2. The van der Waals surface area contributed by atoms with Gasteiger partial charge in [-0.3, -0.25) is 9.59 Å². The van der Waals surface area contributed by atoms with E-state index in [-0.39, 0.29) is 23.8 Å². The molecule has 0 unspecified atom stereocenters. The van der Waals surface area contributed by atoms with Crippen LogP contribution in [0.2, 0.25) is 0 Å². The molecule has 144 valence electrons. The second-order valence-corrected chi connectivity index (χ2v) is 7.15. The van der Waals surface area contributed by atoms with Crippen LogP contribution < -0.4 is 15.4 Å². The summed E-state index contributed by atoms with van der Waals surface area (Å²) in [6.07, 6.45) is 1.37. The van der Waals surface area contributed by atoms with Crippen LogP contribution in [-0.2, 0) is 21.4 Å². The first-order valence-corrected chi connectivity index (χ1v) is 9.17. The Morgan fingerprint density at radius 1 is 0.963 bits per heavy atom. The van der Waals surface area contributed by atoms with Crippen LogP contribution in [0.15, 0.2) is 48.5 Å². The molecule has 27 heavy (non-hydrogen) atoms. The minimum atomic E-state index is -0.230. The number of rotatable bonds is 8. The Hall–Kier alpha value is -2.82. The first-order chi connectivity index (χ1) is 12.8. The van der Waals surface area contributed by atoms with E-state index in [1.54, 1.807) is 19.2 Å². The van der Waals surface area contributed by atoms with Gasteiger partial charge in [0, 0.05) is 12.7 Å². The van der Waals surface area contributed by atoms with Crippen molar-refractivity contribution in [1.29, 1.82) is 0 Å². The number of nitrogens with one attached hydrogen (secondary N) is 2. The van der Waals surface area contributed by atoms with Crippen LogP contribution in [0.5, 0.6) is 5.75 Å². The maximum atomic E-state index is 12.1. The summed E-state index contributed by atoms with van der Waals surface area (Å²) >= 11 is 0. The van der Waals surface area contributed by atoms with Crippen LogP contribution in [-0.4, -0.2) is 25.5 Å². The highest BCUT2D eigenvalue weighted by molar-refractivity contribution is 5.92. The largest absolute Gasteiger partial charge is 0.484 e. The third kappa shape index (κ3) is 6.13. The molecule has 0 spiro atoms. The molecule has 2 aromatic rings. The van der Waals surface area contributed by atoms with E-state index in [0.717, 1.165) is 12.0 Å². The third-order valence-corrected chi connectivity index (χ3v) is 4.77. The van der Waals surface area contributed by atoms with Gasteiger partial charge in [-0.25, -0.2) is 0 Å². The molecule has 0 heterocycles. The number of ether oxygens (including phenoxy) is 1. The fourth-order valence-electron chi connectivity index (χ4n) is 2.53. The van der Waals surface area contributed by atoms with Crippen molar-refractivity contribution in [2.75, 3.05) is 19.0 Å². The fourth-order valence-corrected chi connectivity index (χ4v) is 2.53. The zero-order valence-electron chi connectivity index (χ0n) is 16.5. The molecule has 2 amide bonds. The van der Waals surface area contributed by atoms with Gasteiger partial charge >= 0.3 is 0 Å². The van der Waals surface area contributed by atoms with Gasteiger partial charge in [0.05, 0.1) is 6.42 Å². The van der Waals surface area contributed by atoms with Gasteiger partial charge in [-0.2, -0.15) is 0 Å². The summed E-state index contributed by atoms with van der Waals surface area (Å²) in [4.78, 5) is 23.4. The zero-order chi connectivity index (χ0) is 19.9. The Morgan fingerprint density at radius 2 is 1.59 bits per heavy atom. The summed E-state index contributed by atoms with van der Waals surface area (Å²) in [6.45, 7) is 6.52. The Kier molecular flexibility index (Phi) is 6.99. The summed E-state index contributed by atoms with van der Waals surface area (Å²) in [6, 6.07) is 15.1. The summed E-state index contributed by atoms with van der Waals surface area (Å²) in [5.41, 5.74) is 2.93. The second-order valence-electron chi connectivity index (χ2n) is 7.15. The van der Waals surface area contributed by atoms with Crippen molar-refractivity contribution in [2.45, 2.75) is 39.0 Å². The van der Waals surface area contributed by atoms with E-state index in [4.69, 9.17) is 4.74 Å². The number of hydrogen-bond donors (Lipinski definition) is 2. The number of carbonyl (C=O) groups excluding carboxylic acids is 2. The van der Waals surface area contributed by atoms with Crippen LogP contribution in [0.25, 0.3) is 0 Å². The first-order valence-electron chi connectivity index (χ1n) is 9.17. The Labute approximate surface area is 161 Å². The van der Waals surface area contributed by atoms with Crippen LogP contribution in [0.3, 0.4) is 0 Å². The highest BCUT2D eigenvalue weighted by atomic mass is 16.5. The van der Waals surface area contributed by atoms with Gasteiger partial charge in [0.1, 0.15) is 5.75 Å². The average molecular weight is 368 g/mol. The maximum absolute atomic E-state index is 12.1. The number of anilines is 1. The Balaban J connectivity index is 1.84. The predicted molar refractivity (Wildman–Crippen MR) is 108 cm³/mol. The Bertz CT molecular complexity index is 765. The van der Waals surface area contributed by atoms with Crippen LogP contribution in [0, 0.1) is 0 Å². The minimum Gasteiger partial charge on any atom is -0.484 e. The quantitative estimate of drug-likeness (QED) is 0.747. The number of carbonyl (C=O) groups is 2. The van der Waals surface area contributed by atoms with E-state index >= 15 is 0 Å². The monoisotopic (exact) mass is 368 g/mol. The first kappa shape index (κ1) is 20.5. The Morgan fingerprint density at radius 3 is 2.15 bits per heavy atom. The summed E-state index contributed by atoms with van der Waals surface area (Å²) < 4.78 is 5.57. The molecule has 2 N–H and O–H groups in total. The van der Waals surface area contributed by atoms with Crippen molar-refractivity contribution < 1.29 is 14.3 Å². The molecule has 5 nitrogen and oxygen atoms in total. The number of likely N-dealkylation sites (N-methyl/N-ethyl adjacent to an activating group) is 1. The standard InChI is InChI=1S/C22H28N2O3/c1-5-22(2,3)17-8-12-19(13-9-17)27-15-21(26)24-18-10-6-16(7-11-18)14-20(25)23-4/h6-13H,5,14-15H2,1-4H3,(H,23,25)(H,24,26). The molecule has 0 atom stereocenters. The molecule has 0 aliphatic heterocycles. The summed E-state index contributed by atoms with van der Waals surface area (Å²) in [7, 11) is 1.61. The zero-order valence-corrected chi connectivity index (χ0v) is 16.5. The predicted octanol–water partition coefficient (Wildman–Crippen LogP) is 3.68. The van der Waals surface area contributed by atoms with Crippen LogP contribution in [0.4, 0.5) is 5.69 Å². The second kappa shape index (κ2) is 9.21. The van der Waals surface area contributed by atoms with E-state index in [1.165, 1.54) is 5.56 Å². The van der Waals surface area contributed by atoms with E-state index in [9.17, 15) is 9.59 Å². The third-order valence-electron chi connectivity index (χ3n) is 4.77. The lowest BCUT2D eigenvalue weighted by molar-refractivity contribution is -0.120. The van der Waals surface area contributed by atoms with Crippen molar-refractivity contribution in [3.63, 3.8) is 0 Å². The molecule has 0 fully saturated rings. The molecule has 0 aliphatic rings. The lowest BCUT2D eigenvalue weighted by Crippen LogP contribution is -2.21. The van der Waals surface area contributed by atoms with E-state index in [2.05, 4.69) is 31.4 Å². The van der Waals surface area contributed by atoms with Gasteiger partial charge < -0.3 is 15.4 Å². The normalized spacial score (nSPS) is 11.0. The van der Waals surface area contributed by atoms with Gasteiger partial charge in [0.25, 0.3) is 5.91 Å². The van der Waals surface area contributed by atoms with Crippen LogP contribution in [0.1, 0.15) is 38.3 Å². The van der Waals surface area contributed by atoms with Gasteiger partial charge in [-0.05, 0) is 47.2 Å². The average Bonchev–Trinajstić information content (AvgIpc) is 2.68. The van der Waals surface area contributed by atoms with Gasteiger partial charge in [-0.15, -0.1) is 0 Å². The molecular weight excluding hydrogens is 340 g/mol. The topological polar surface area (TPSA) is 67.4 Å². The van der Waals surface area contributed by atoms with E-state index < -0.39 is 0 Å². The fraction of sp³-hybridized carbons (Fsp3) is 0.364. The molecule has 0 saturated heterocycles. The van der Waals surface area contributed by atoms with Crippen molar-refractivity contribution in [3.05, 3.63) is 59.7 Å². The van der Waals surface area contributed by atoms with E-state index in [1.807, 2.05) is 36.4 Å². The number of amides is 2. The van der Waals surface area contributed by atoms with Crippen molar-refractivity contribution in [2.24, 2.45) is 0 Å². The van der Waals surface area contributed by atoms with Crippen molar-refractivity contribution in [1.82, 2.24) is 5.32 Å². The minimum absolute atomic E-state index is 0.0477. The maximum Gasteiger partial charge on any atom is 0.262 e. The van der Waals surface area contributed by atoms with Crippen LogP contribution >= 0.6 is 0 Å². The smallest absolute Gasteiger partial charge is 0.262 e. The molecule has 5 heteroatoms. The molecule has 0 bridgehead atoms. The van der Waals surface area contributed by atoms with E-state index in [0.29, 0.717) is 17.9 Å². The van der Waals surface area contributed by atoms with Gasteiger partial charge in [-0.1, -0.05) is 45.0 Å². The highest BCUT2D eigenvalue weighted by Gasteiger charge is 2.17. The summed E-state index contributed by atoms with van der Waals surface area (Å²) in [5.74, 6) is 0.391. The molecule has 0 radical (unpaired) electrons. The molecule has 0 aliphatic carbocycles. The molecule has 2 rings (SSSR count). The summed E-state index contributed by atoms with van der Waals surface area (Å²) in [5, 5.41) is 5.37. The highest BCUT2D eigenvalue weighted by Crippen LogP contribution is 2.28. The van der Waals surface area contributed by atoms with Gasteiger partial charge in [0.2, 0.25) is 5.91 Å². The lowest BCUT2D eigenvalue weighted by Gasteiger charge is -2.23. The molecular formula is C22H28N2O3. The van der Waals surface area contributed by atoms with Crippen molar-refractivity contribution >= 4 is 17.5 Å². The number of hydrogen-bond acceptors (Lipinski definition) is 3. The molecule has 0 aromatic heterocycles. The SMILES string of the molecule is CCC(C)(C)c1ccc(OCC(=O)Nc2ccc(CC(=O)NC)cc2)cc1. The molecule has 2 aromatic carbocycles. The van der Waals surface area contributed by atoms with Gasteiger partial charge in [0.15, 0.2) is 6.61 Å². The van der Waals surface area contributed by atoms with Crippen molar-refractivity contribution in [3.8, 4) is 5.75 Å². The molecule has 0 saturated carbocycles.